The quantitative estimate of drug-likeness (QED) is 0.760. The highest BCUT2D eigenvalue weighted by molar-refractivity contribution is 6.32. The van der Waals surface area contributed by atoms with Crippen LogP contribution in [0.15, 0.2) is 24.4 Å². The van der Waals surface area contributed by atoms with E-state index in [4.69, 9.17) is 21.1 Å². The molecule has 1 aromatic carbocycles. The Labute approximate surface area is 127 Å². The average Bonchev–Trinajstić information content (AvgIpc) is 2.48. The number of halogens is 1. The molecule has 1 aromatic heterocycles. The van der Waals surface area contributed by atoms with Crippen LogP contribution in [0.2, 0.25) is 5.02 Å². The Balaban J connectivity index is 2.05. The summed E-state index contributed by atoms with van der Waals surface area (Å²) in [5.74, 6) is 1.60. The van der Waals surface area contributed by atoms with E-state index in [1.807, 2.05) is 6.07 Å². The number of benzene rings is 1. The van der Waals surface area contributed by atoms with Crippen molar-refractivity contribution in [2.75, 3.05) is 38.0 Å². The van der Waals surface area contributed by atoms with Crippen LogP contribution in [-0.4, -0.2) is 42.6 Å². The van der Waals surface area contributed by atoms with Crippen LogP contribution in [0, 0.1) is 0 Å². The van der Waals surface area contributed by atoms with Gasteiger partial charge < -0.3 is 20.1 Å². The van der Waals surface area contributed by atoms with Crippen LogP contribution in [-0.2, 0) is 4.74 Å². The van der Waals surface area contributed by atoms with E-state index in [0.29, 0.717) is 35.7 Å². The Morgan fingerprint density at radius 3 is 2.86 bits per heavy atom. The summed E-state index contributed by atoms with van der Waals surface area (Å²) in [5.41, 5.74) is 0.782. The first-order valence-electron chi connectivity index (χ1n) is 6.26. The fraction of sp³-hybridized carbons (Fsp3) is 0.308. The zero-order valence-corrected chi connectivity index (χ0v) is 12.5. The Bertz CT molecular complexity index is 597. The number of anilines is 3. The first kappa shape index (κ1) is 15.3. The number of nitrogens with one attached hydrogen (secondary N) is 2. The monoisotopic (exact) mass is 309 g/mol. The summed E-state index contributed by atoms with van der Waals surface area (Å²) in [6, 6.07) is 5.36. The van der Waals surface area contributed by atoms with Gasteiger partial charge in [-0.3, -0.25) is 0 Å². The Morgan fingerprint density at radius 1 is 1.29 bits per heavy atom. The molecule has 0 aliphatic heterocycles. The molecular weight excluding hydrogens is 294 g/mol. The van der Waals surface area contributed by atoms with Gasteiger partial charge >= 0.3 is 0 Å². The molecule has 7 nitrogen and oxygen atoms in total. The summed E-state index contributed by atoms with van der Waals surface area (Å²) in [5, 5.41) is 14.4. The van der Waals surface area contributed by atoms with E-state index < -0.39 is 0 Å². The summed E-state index contributed by atoms with van der Waals surface area (Å²) in [6.07, 6.45) is 1.53. The van der Waals surface area contributed by atoms with Gasteiger partial charge in [0, 0.05) is 19.3 Å². The fourth-order valence-corrected chi connectivity index (χ4v) is 1.85. The number of aromatic nitrogens is 3. The van der Waals surface area contributed by atoms with Crippen molar-refractivity contribution in [1.82, 2.24) is 15.2 Å². The number of ether oxygens (including phenoxy) is 2. The summed E-state index contributed by atoms with van der Waals surface area (Å²) >= 11 is 6.07. The van der Waals surface area contributed by atoms with Gasteiger partial charge in [-0.25, -0.2) is 0 Å². The van der Waals surface area contributed by atoms with Gasteiger partial charge in [0.2, 0.25) is 5.95 Å². The van der Waals surface area contributed by atoms with Crippen molar-refractivity contribution in [2.24, 2.45) is 0 Å². The van der Waals surface area contributed by atoms with Crippen molar-refractivity contribution in [3.8, 4) is 5.75 Å². The second-order valence-corrected chi connectivity index (χ2v) is 4.47. The van der Waals surface area contributed by atoms with Gasteiger partial charge in [0.1, 0.15) is 5.75 Å². The first-order valence-corrected chi connectivity index (χ1v) is 6.64. The van der Waals surface area contributed by atoms with E-state index >= 15 is 0 Å². The standard InChI is InChI=1S/C13H16ClN5O2/c1-20-6-5-15-13-18-12(8-16-19-13)17-9-3-4-11(21-2)10(14)7-9/h3-4,7-8H,5-6H2,1-2H3,(H2,15,17,18,19). The Hall–Kier alpha value is -2.12. The molecule has 8 heteroatoms. The highest BCUT2D eigenvalue weighted by Gasteiger charge is 2.04. The summed E-state index contributed by atoms with van der Waals surface area (Å²) in [4.78, 5) is 4.29. The lowest BCUT2D eigenvalue weighted by molar-refractivity contribution is 0.210. The van der Waals surface area contributed by atoms with Gasteiger partial charge in [-0.1, -0.05) is 11.6 Å². The molecule has 2 aromatic rings. The largest absolute Gasteiger partial charge is 0.495 e. The minimum atomic E-state index is 0.427. The van der Waals surface area contributed by atoms with E-state index in [1.165, 1.54) is 6.20 Å². The van der Waals surface area contributed by atoms with Crippen LogP contribution in [0.3, 0.4) is 0 Å². The third-order valence-corrected chi connectivity index (χ3v) is 2.87. The van der Waals surface area contributed by atoms with Crippen LogP contribution >= 0.6 is 11.6 Å². The predicted octanol–water partition coefficient (Wildman–Crippen LogP) is 2.34. The molecule has 21 heavy (non-hydrogen) atoms. The van der Waals surface area contributed by atoms with E-state index in [2.05, 4.69) is 25.8 Å². The minimum absolute atomic E-state index is 0.427. The molecule has 0 saturated heterocycles. The molecule has 0 radical (unpaired) electrons. The lowest BCUT2D eigenvalue weighted by atomic mass is 10.3. The van der Waals surface area contributed by atoms with E-state index in [9.17, 15) is 0 Å². The summed E-state index contributed by atoms with van der Waals surface area (Å²) in [6.45, 7) is 1.17. The molecule has 0 aliphatic rings. The lowest BCUT2D eigenvalue weighted by Gasteiger charge is -2.09. The Kier molecular flexibility index (Phi) is 5.53. The maximum absolute atomic E-state index is 6.07. The maximum atomic E-state index is 6.07. The van der Waals surface area contributed by atoms with Crippen molar-refractivity contribution >= 4 is 29.1 Å². The zero-order chi connectivity index (χ0) is 15.1. The summed E-state index contributed by atoms with van der Waals surface area (Å²) < 4.78 is 10.0. The third kappa shape index (κ3) is 4.44. The highest BCUT2D eigenvalue weighted by Crippen LogP contribution is 2.28. The third-order valence-electron chi connectivity index (χ3n) is 2.57. The van der Waals surface area contributed by atoms with Gasteiger partial charge in [0.15, 0.2) is 5.82 Å². The number of rotatable bonds is 7. The van der Waals surface area contributed by atoms with Crippen molar-refractivity contribution in [1.29, 1.82) is 0 Å². The van der Waals surface area contributed by atoms with E-state index in [-0.39, 0.29) is 0 Å². The van der Waals surface area contributed by atoms with Crippen LogP contribution in [0.1, 0.15) is 0 Å². The molecule has 0 saturated carbocycles. The van der Waals surface area contributed by atoms with E-state index in [1.54, 1.807) is 26.4 Å². The molecule has 112 valence electrons. The number of nitrogens with zero attached hydrogens (tertiary/aromatic N) is 3. The molecule has 0 fully saturated rings. The topological polar surface area (TPSA) is 81.2 Å². The second kappa shape index (κ2) is 7.61. The van der Waals surface area contributed by atoms with Crippen LogP contribution in [0.4, 0.5) is 17.5 Å². The van der Waals surface area contributed by atoms with Crippen molar-refractivity contribution in [3.05, 3.63) is 29.4 Å². The molecule has 0 atom stereocenters. The van der Waals surface area contributed by atoms with E-state index in [0.717, 1.165) is 5.69 Å². The van der Waals surface area contributed by atoms with Gasteiger partial charge in [0.05, 0.1) is 24.9 Å². The van der Waals surface area contributed by atoms with Crippen molar-refractivity contribution in [3.63, 3.8) is 0 Å². The molecule has 0 spiro atoms. The molecule has 2 rings (SSSR count). The normalized spacial score (nSPS) is 10.2. The zero-order valence-electron chi connectivity index (χ0n) is 11.8. The number of methoxy groups -OCH3 is 2. The average molecular weight is 310 g/mol. The maximum Gasteiger partial charge on any atom is 0.244 e. The van der Waals surface area contributed by atoms with Crippen molar-refractivity contribution in [2.45, 2.75) is 0 Å². The SMILES string of the molecule is COCCNc1nncc(Nc2ccc(OC)c(Cl)c2)n1. The van der Waals surface area contributed by atoms with Crippen molar-refractivity contribution < 1.29 is 9.47 Å². The van der Waals surface area contributed by atoms with Gasteiger partial charge in [-0.2, -0.15) is 10.1 Å². The number of hydrogen-bond donors (Lipinski definition) is 2. The van der Waals surface area contributed by atoms with Gasteiger partial charge in [0.25, 0.3) is 0 Å². The second-order valence-electron chi connectivity index (χ2n) is 4.06. The van der Waals surface area contributed by atoms with Crippen LogP contribution in [0.5, 0.6) is 5.75 Å². The summed E-state index contributed by atoms with van der Waals surface area (Å²) in [7, 11) is 3.20. The minimum Gasteiger partial charge on any atom is -0.495 e. The first-order chi connectivity index (χ1) is 10.2. The van der Waals surface area contributed by atoms with Gasteiger partial charge in [-0.05, 0) is 18.2 Å². The van der Waals surface area contributed by atoms with Crippen LogP contribution in [0.25, 0.3) is 0 Å². The Morgan fingerprint density at radius 2 is 2.14 bits per heavy atom. The molecule has 0 amide bonds. The fourth-order valence-electron chi connectivity index (χ4n) is 1.60. The molecule has 0 bridgehead atoms. The smallest absolute Gasteiger partial charge is 0.244 e. The molecule has 1 heterocycles. The highest BCUT2D eigenvalue weighted by atomic mass is 35.5. The predicted molar refractivity (Wildman–Crippen MR) is 81.5 cm³/mol. The number of hydrogen-bond acceptors (Lipinski definition) is 7. The lowest BCUT2D eigenvalue weighted by Crippen LogP contribution is -2.11. The molecular formula is C13H16ClN5O2. The molecule has 0 aliphatic carbocycles. The van der Waals surface area contributed by atoms with Gasteiger partial charge in [-0.15, -0.1) is 5.10 Å². The molecule has 0 unspecified atom stereocenters. The van der Waals surface area contributed by atoms with Crippen LogP contribution < -0.4 is 15.4 Å². The molecule has 2 N–H and O–H groups in total.